The van der Waals surface area contributed by atoms with E-state index in [0.29, 0.717) is 0 Å². The van der Waals surface area contributed by atoms with E-state index in [1.165, 1.54) is 0 Å². The fourth-order valence-corrected chi connectivity index (χ4v) is 2.52. The molecule has 2 rings (SSSR count). The van der Waals surface area contributed by atoms with E-state index in [2.05, 4.69) is 10.6 Å². The van der Waals surface area contributed by atoms with Gasteiger partial charge in [-0.3, -0.25) is 14.9 Å². The van der Waals surface area contributed by atoms with Crippen molar-refractivity contribution < 1.29 is 9.59 Å². The third kappa shape index (κ3) is 2.97. The standard InChI is InChI=1S/C12H21N3O2/c1-9(12(17)15-7-2-3-8-15)14-10-5-4-6-13-11(10)16/h9-10,14H,2-8H2,1H3,(H,13,16). The first kappa shape index (κ1) is 12.4. The highest BCUT2D eigenvalue weighted by Gasteiger charge is 2.28. The minimum atomic E-state index is -0.262. The van der Waals surface area contributed by atoms with Crippen LogP contribution in [0.15, 0.2) is 0 Å². The van der Waals surface area contributed by atoms with Crippen molar-refractivity contribution in [3.8, 4) is 0 Å². The smallest absolute Gasteiger partial charge is 0.239 e. The second kappa shape index (κ2) is 5.49. The molecule has 0 aromatic rings. The third-order valence-electron chi connectivity index (χ3n) is 3.52. The summed E-state index contributed by atoms with van der Waals surface area (Å²) in [5, 5.41) is 5.96. The lowest BCUT2D eigenvalue weighted by molar-refractivity contribution is -0.132. The quantitative estimate of drug-likeness (QED) is 0.721. The monoisotopic (exact) mass is 239 g/mol. The fourth-order valence-electron chi connectivity index (χ4n) is 2.52. The van der Waals surface area contributed by atoms with Crippen LogP contribution in [0.5, 0.6) is 0 Å². The molecule has 0 aliphatic carbocycles. The molecule has 0 spiro atoms. The van der Waals surface area contributed by atoms with E-state index in [-0.39, 0.29) is 23.9 Å². The molecule has 2 amide bonds. The van der Waals surface area contributed by atoms with E-state index in [1.54, 1.807) is 0 Å². The molecule has 5 nitrogen and oxygen atoms in total. The van der Waals surface area contributed by atoms with Gasteiger partial charge in [0.25, 0.3) is 0 Å². The Balaban J connectivity index is 1.84. The van der Waals surface area contributed by atoms with Crippen LogP contribution in [-0.4, -0.2) is 48.4 Å². The van der Waals surface area contributed by atoms with Crippen molar-refractivity contribution in [1.29, 1.82) is 0 Å². The molecule has 0 radical (unpaired) electrons. The first-order chi connectivity index (χ1) is 8.18. The SMILES string of the molecule is CC(NC1CCCNC1=O)C(=O)N1CCCC1. The summed E-state index contributed by atoms with van der Waals surface area (Å²) in [7, 11) is 0. The molecule has 0 bridgehead atoms. The van der Waals surface area contributed by atoms with Crippen molar-refractivity contribution >= 4 is 11.8 Å². The summed E-state index contributed by atoms with van der Waals surface area (Å²) in [6, 6.07) is -0.466. The van der Waals surface area contributed by atoms with Crippen molar-refractivity contribution in [1.82, 2.24) is 15.5 Å². The molecule has 2 heterocycles. The predicted molar refractivity (Wildman–Crippen MR) is 64.4 cm³/mol. The highest BCUT2D eigenvalue weighted by atomic mass is 16.2. The van der Waals surface area contributed by atoms with Crippen LogP contribution in [0.2, 0.25) is 0 Å². The number of amides is 2. The van der Waals surface area contributed by atoms with Crippen LogP contribution in [0.1, 0.15) is 32.6 Å². The van der Waals surface area contributed by atoms with Crippen molar-refractivity contribution in [3.63, 3.8) is 0 Å². The second-order valence-electron chi connectivity index (χ2n) is 4.91. The molecule has 5 heteroatoms. The van der Waals surface area contributed by atoms with Gasteiger partial charge in [0.05, 0.1) is 12.1 Å². The summed E-state index contributed by atoms with van der Waals surface area (Å²) in [6.07, 6.45) is 4.00. The Morgan fingerprint density at radius 1 is 1.41 bits per heavy atom. The Morgan fingerprint density at radius 3 is 2.76 bits per heavy atom. The van der Waals surface area contributed by atoms with Crippen LogP contribution in [0.25, 0.3) is 0 Å². The lowest BCUT2D eigenvalue weighted by atomic mass is 10.1. The number of piperidine rings is 1. The zero-order valence-electron chi connectivity index (χ0n) is 10.4. The van der Waals surface area contributed by atoms with Crippen molar-refractivity contribution in [2.75, 3.05) is 19.6 Å². The van der Waals surface area contributed by atoms with Crippen LogP contribution in [-0.2, 0) is 9.59 Å². The zero-order valence-corrected chi connectivity index (χ0v) is 10.4. The molecule has 0 aromatic carbocycles. The summed E-state index contributed by atoms with van der Waals surface area (Å²) in [6.45, 7) is 4.33. The van der Waals surface area contributed by atoms with Crippen LogP contribution in [0, 0.1) is 0 Å². The molecule has 2 aliphatic rings. The molecular formula is C12H21N3O2. The summed E-state index contributed by atoms with van der Waals surface area (Å²) < 4.78 is 0. The van der Waals surface area contributed by atoms with Gasteiger partial charge >= 0.3 is 0 Å². The van der Waals surface area contributed by atoms with E-state index in [0.717, 1.165) is 45.3 Å². The first-order valence-electron chi connectivity index (χ1n) is 6.51. The molecule has 0 aromatic heterocycles. The van der Waals surface area contributed by atoms with Crippen LogP contribution >= 0.6 is 0 Å². The van der Waals surface area contributed by atoms with Crippen molar-refractivity contribution in [2.24, 2.45) is 0 Å². The average Bonchev–Trinajstić information content (AvgIpc) is 2.84. The predicted octanol–water partition coefficient (Wildman–Crippen LogP) is -0.134. The van der Waals surface area contributed by atoms with Crippen molar-refractivity contribution in [2.45, 2.75) is 44.7 Å². The Morgan fingerprint density at radius 2 is 2.12 bits per heavy atom. The normalized spacial score (nSPS) is 26.8. The number of nitrogens with zero attached hydrogens (tertiary/aromatic N) is 1. The van der Waals surface area contributed by atoms with E-state index in [1.807, 2.05) is 11.8 Å². The topological polar surface area (TPSA) is 61.4 Å². The number of nitrogens with one attached hydrogen (secondary N) is 2. The summed E-state index contributed by atoms with van der Waals surface area (Å²) in [5.74, 6) is 0.151. The minimum Gasteiger partial charge on any atom is -0.355 e. The number of carbonyl (C=O) groups excluding carboxylic acids is 2. The average molecular weight is 239 g/mol. The first-order valence-corrected chi connectivity index (χ1v) is 6.51. The zero-order chi connectivity index (χ0) is 12.3. The molecule has 2 atom stereocenters. The Labute approximate surface area is 102 Å². The molecule has 17 heavy (non-hydrogen) atoms. The van der Waals surface area contributed by atoms with E-state index < -0.39 is 0 Å². The van der Waals surface area contributed by atoms with Gasteiger partial charge in [0.2, 0.25) is 11.8 Å². The van der Waals surface area contributed by atoms with Gasteiger partial charge in [0.15, 0.2) is 0 Å². The van der Waals surface area contributed by atoms with Crippen LogP contribution in [0.3, 0.4) is 0 Å². The highest BCUT2D eigenvalue weighted by Crippen LogP contribution is 2.10. The van der Waals surface area contributed by atoms with Crippen LogP contribution in [0.4, 0.5) is 0 Å². The Hall–Kier alpha value is -1.10. The number of hydrogen-bond acceptors (Lipinski definition) is 3. The van der Waals surface area contributed by atoms with Gasteiger partial charge in [0.1, 0.15) is 0 Å². The molecule has 2 fully saturated rings. The third-order valence-corrected chi connectivity index (χ3v) is 3.52. The van der Waals surface area contributed by atoms with Gasteiger partial charge in [-0.2, -0.15) is 0 Å². The molecule has 2 saturated heterocycles. The Kier molecular flexibility index (Phi) is 3.99. The van der Waals surface area contributed by atoms with E-state index in [4.69, 9.17) is 0 Å². The lowest BCUT2D eigenvalue weighted by Crippen LogP contribution is -2.54. The maximum absolute atomic E-state index is 12.1. The molecule has 96 valence electrons. The van der Waals surface area contributed by atoms with Gasteiger partial charge in [-0.1, -0.05) is 0 Å². The fraction of sp³-hybridized carbons (Fsp3) is 0.833. The van der Waals surface area contributed by atoms with Crippen LogP contribution < -0.4 is 10.6 Å². The number of likely N-dealkylation sites (tertiary alicyclic amines) is 1. The van der Waals surface area contributed by atoms with Gasteiger partial charge in [0, 0.05) is 19.6 Å². The van der Waals surface area contributed by atoms with Crippen molar-refractivity contribution in [3.05, 3.63) is 0 Å². The summed E-state index contributed by atoms with van der Waals surface area (Å²) in [5.41, 5.74) is 0. The highest BCUT2D eigenvalue weighted by molar-refractivity contribution is 5.85. The van der Waals surface area contributed by atoms with E-state index in [9.17, 15) is 9.59 Å². The summed E-state index contributed by atoms with van der Waals surface area (Å²) in [4.78, 5) is 25.5. The Bertz CT molecular complexity index is 300. The second-order valence-corrected chi connectivity index (χ2v) is 4.91. The van der Waals surface area contributed by atoms with Gasteiger partial charge in [-0.25, -0.2) is 0 Å². The minimum absolute atomic E-state index is 0.0253. The molecule has 0 saturated carbocycles. The molecule has 2 unspecified atom stereocenters. The maximum Gasteiger partial charge on any atom is 0.239 e. The number of rotatable bonds is 3. The lowest BCUT2D eigenvalue weighted by Gasteiger charge is -2.27. The van der Waals surface area contributed by atoms with E-state index >= 15 is 0 Å². The number of hydrogen-bond donors (Lipinski definition) is 2. The maximum atomic E-state index is 12.1. The molecular weight excluding hydrogens is 218 g/mol. The van der Waals surface area contributed by atoms with Gasteiger partial charge < -0.3 is 10.2 Å². The van der Waals surface area contributed by atoms with Gasteiger partial charge in [-0.15, -0.1) is 0 Å². The largest absolute Gasteiger partial charge is 0.355 e. The van der Waals surface area contributed by atoms with Gasteiger partial charge in [-0.05, 0) is 32.6 Å². The number of carbonyl (C=O) groups is 2. The summed E-state index contributed by atoms with van der Waals surface area (Å²) >= 11 is 0. The molecule has 2 aliphatic heterocycles. The molecule has 2 N–H and O–H groups in total.